The van der Waals surface area contributed by atoms with Crippen molar-refractivity contribution in [2.75, 3.05) is 31.6 Å². The summed E-state index contributed by atoms with van der Waals surface area (Å²) in [5.41, 5.74) is 0.974. The van der Waals surface area contributed by atoms with Crippen molar-refractivity contribution in [2.45, 2.75) is 19.3 Å². The number of anilines is 1. The quantitative estimate of drug-likeness (QED) is 0.824. The van der Waals surface area contributed by atoms with Crippen LogP contribution in [0.3, 0.4) is 0 Å². The van der Waals surface area contributed by atoms with Crippen molar-refractivity contribution in [3.8, 4) is 0 Å². The van der Waals surface area contributed by atoms with Crippen molar-refractivity contribution in [3.63, 3.8) is 0 Å². The molecule has 2 rings (SSSR count). The molecular formula is C15H22N2O2. The molecule has 0 aromatic heterocycles. The van der Waals surface area contributed by atoms with Gasteiger partial charge in [0.1, 0.15) is 0 Å². The van der Waals surface area contributed by atoms with Gasteiger partial charge in [0.2, 0.25) is 5.91 Å². The van der Waals surface area contributed by atoms with Gasteiger partial charge in [-0.25, -0.2) is 0 Å². The van der Waals surface area contributed by atoms with E-state index in [1.54, 1.807) is 0 Å². The predicted octanol–water partition coefficient (Wildman–Crippen LogP) is 2.03. The zero-order chi connectivity index (χ0) is 13.3. The van der Waals surface area contributed by atoms with Crippen LogP contribution in [0.1, 0.15) is 19.3 Å². The van der Waals surface area contributed by atoms with Gasteiger partial charge >= 0.3 is 0 Å². The van der Waals surface area contributed by atoms with Crippen LogP contribution in [0.25, 0.3) is 0 Å². The molecule has 0 spiro atoms. The Morgan fingerprint density at radius 1 is 1.21 bits per heavy atom. The molecule has 1 saturated heterocycles. The first-order valence-electron chi connectivity index (χ1n) is 6.98. The highest BCUT2D eigenvalue weighted by Crippen LogP contribution is 2.17. The number of amides is 1. The lowest BCUT2D eigenvalue weighted by molar-refractivity contribution is -0.119. The van der Waals surface area contributed by atoms with Gasteiger partial charge in [0.05, 0.1) is 6.54 Å². The minimum atomic E-state index is 0.0518. The monoisotopic (exact) mass is 262 g/mol. The fourth-order valence-corrected chi connectivity index (χ4v) is 2.25. The second-order valence-electron chi connectivity index (χ2n) is 4.91. The number of para-hydroxylation sites is 1. The maximum Gasteiger partial charge on any atom is 0.239 e. The van der Waals surface area contributed by atoms with Gasteiger partial charge in [-0.15, -0.1) is 0 Å². The van der Waals surface area contributed by atoms with Gasteiger partial charge in [0.15, 0.2) is 0 Å². The molecule has 19 heavy (non-hydrogen) atoms. The summed E-state index contributed by atoms with van der Waals surface area (Å²) in [6.07, 6.45) is 3.30. The number of hydrogen-bond acceptors (Lipinski definition) is 3. The smallest absolute Gasteiger partial charge is 0.239 e. The minimum Gasteiger partial charge on any atom is -0.381 e. The summed E-state index contributed by atoms with van der Waals surface area (Å²) in [6.45, 7) is 2.83. The van der Waals surface area contributed by atoms with Crippen LogP contribution >= 0.6 is 0 Å². The molecule has 1 aromatic rings. The summed E-state index contributed by atoms with van der Waals surface area (Å²) in [5, 5.41) is 6.06. The number of ether oxygens (including phenoxy) is 1. The number of rotatable bonds is 6. The Balaban J connectivity index is 1.57. The standard InChI is InChI=1S/C15H22N2O2/c18-15(12-17-14-4-2-1-3-5-14)16-9-6-13-7-10-19-11-8-13/h1-5,13,17H,6-12H2,(H,16,18). The average molecular weight is 262 g/mol. The fraction of sp³-hybridized carbons (Fsp3) is 0.533. The molecule has 1 heterocycles. The molecule has 1 fully saturated rings. The highest BCUT2D eigenvalue weighted by atomic mass is 16.5. The largest absolute Gasteiger partial charge is 0.381 e. The molecule has 1 amide bonds. The van der Waals surface area contributed by atoms with Crippen LogP contribution in [-0.2, 0) is 9.53 Å². The van der Waals surface area contributed by atoms with Crippen molar-refractivity contribution < 1.29 is 9.53 Å². The van der Waals surface area contributed by atoms with Gasteiger partial charge in [-0.2, -0.15) is 0 Å². The van der Waals surface area contributed by atoms with Crippen LogP contribution in [0.2, 0.25) is 0 Å². The molecule has 0 unspecified atom stereocenters. The molecule has 1 aliphatic rings. The average Bonchev–Trinajstić information content (AvgIpc) is 2.47. The topological polar surface area (TPSA) is 50.4 Å². The Morgan fingerprint density at radius 2 is 1.95 bits per heavy atom. The number of hydrogen-bond donors (Lipinski definition) is 2. The van der Waals surface area contributed by atoms with E-state index in [1.807, 2.05) is 30.3 Å². The van der Waals surface area contributed by atoms with Gasteiger partial charge in [0.25, 0.3) is 0 Å². The van der Waals surface area contributed by atoms with E-state index >= 15 is 0 Å². The lowest BCUT2D eigenvalue weighted by Gasteiger charge is -2.21. The van der Waals surface area contributed by atoms with Crippen LogP contribution in [-0.4, -0.2) is 32.2 Å². The summed E-state index contributed by atoms with van der Waals surface area (Å²) in [7, 11) is 0. The van der Waals surface area contributed by atoms with Crippen molar-refractivity contribution >= 4 is 11.6 Å². The third-order valence-electron chi connectivity index (χ3n) is 3.44. The van der Waals surface area contributed by atoms with E-state index in [0.29, 0.717) is 12.5 Å². The van der Waals surface area contributed by atoms with Gasteiger partial charge in [-0.3, -0.25) is 4.79 Å². The molecule has 2 N–H and O–H groups in total. The van der Waals surface area contributed by atoms with Gasteiger partial charge in [-0.05, 0) is 37.3 Å². The Bertz CT molecular complexity index is 375. The van der Waals surface area contributed by atoms with Crippen molar-refractivity contribution in [3.05, 3.63) is 30.3 Å². The zero-order valence-electron chi connectivity index (χ0n) is 11.2. The van der Waals surface area contributed by atoms with Gasteiger partial charge in [0, 0.05) is 25.4 Å². The summed E-state index contributed by atoms with van der Waals surface area (Å²) >= 11 is 0. The highest BCUT2D eigenvalue weighted by Gasteiger charge is 2.13. The summed E-state index contributed by atoms with van der Waals surface area (Å²) in [5.74, 6) is 0.757. The zero-order valence-corrected chi connectivity index (χ0v) is 11.2. The molecule has 4 nitrogen and oxygen atoms in total. The van der Waals surface area contributed by atoms with E-state index in [1.165, 1.54) is 0 Å². The van der Waals surface area contributed by atoms with Gasteiger partial charge < -0.3 is 15.4 Å². The Morgan fingerprint density at radius 3 is 2.68 bits per heavy atom. The van der Waals surface area contributed by atoms with E-state index in [-0.39, 0.29) is 5.91 Å². The van der Waals surface area contributed by atoms with E-state index in [4.69, 9.17) is 4.74 Å². The lowest BCUT2D eigenvalue weighted by atomic mass is 9.97. The molecule has 1 aliphatic heterocycles. The molecule has 0 radical (unpaired) electrons. The molecular weight excluding hydrogens is 240 g/mol. The first-order chi connectivity index (χ1) is 9.34. The van der Waals surface area contributed by atoms with Gasteiger partial charge in [-0.1, -0.05) is 18.2 Å². The van der Waals surface area contributed by atoms with Crippen LogP contribution < -0.4 is 10.6 Å². The number of carbonyl (C=O) groups is 1. The summed E-state index contributed by atoms with van der Waals surface area (Å²) < 4.78 is 5.32. The lowest BCUT2D eigenvalue weighted by Crippen LogP contribution is -2.32. The predicted molar refractivity (Wildman–Crippen MR) is 76.1 cm³/mol. The molecule has 104 valence electrons. The van der Waals surface area contributed by atoms with Crippen LogP contribution in [0, 0.1) is 5.92 Å². The summed E-state index contributed by atoms with van der Waals surface area (Å²) in [6, 6.07) is 9.76. The third-order valence-corrected chi connectivity index (χ3v) is 3.44. The first-order valence-corrected chi connectivity index (χ1v) is 6.98. The SMILES string of the molecule is O=C(CNc1ccccc1)NCCC1CCOCC1. The van der Waals surface area contributed by atoms with Crippen LogP contribution in [0.15, 0.2) is 30.3 Å². The van der Waals surface area contributed by atoms with Crippen molar-refractivity contribution in [2.24, 2.45) is 5.92 Å². The highest BCUT2D eigenvalue weighted by molar-refractivity contribution is 5.80. The van der Waals surface area contributed by atoms with Crippen molar-refractivity contribution in [1.29, 1.82) is 0 Å². The minimum absolute atomic E-state index is 0.0518. The molecule has 0 saturated carbocycles. The molecule has 0 atom stereocenters. The number of benzene rings is 1. The van der Waals surface area contributed by atoms with E-state index in [2.05, 4.69) is 10.6 Å². The van der Waals surface area contributed by atoms with E-state index < -0.39 is 0 Å². The Kier molecular flexibility index (Phi) is 5.69. The Labute approximate surface area is 114 Å². The van der Waals surface area contributed by atoms with E-state index in [9.17, 15) is 4.79 Å². The fourth-order valence-electron chi connectivity index (χ4n) is 2.25. The molecule has 1 aromatic carbocycles. The number of nitrogens with one attached hydrogen (secondary N) is 2. The number of carbonyl (C=O) groups excluding carboxylic acids is 1. The first kappa shape index (κ1) is 13.9. The Hall–Kier alpha value is -1.55. The second-order valence-corrected chi connectivity index (χ2v) is 4.91. The van der Waals surface area contributed by atoms with Crippen molar-refractivity contribution in [1.82, 2.24) is 5.32 Å². The van der Waals surface area contributed by atoms with Crippen LogP contribution in [0.5, 0.6) is 0 Å². The maximum atomic E-state index is 11.7. The molecule has 4 heteroatoms. The summed E-state index contributed by atoms with van der Waals surface area (Å²) in [4.78, 5) is 11.7. The second kappa shape index (κ2) is 7.79. The maximum absolute atomic E-state index is 11.7. The molecule has 0 aliphatic carbocycles. The normalized spacial score (nSPS) is 16.0. The third kappa shape index (κ3) is 5.30. The molecule has 0 bridgehead atoms. The van der Waals surface area contributed by atoms with E-state index in [0.717, 1.165) is 44.7 Å². The van der Waals surface area contributed by atoms with Crippen LogP contribution in [0.4, 0.5) is 5.69 Å².